The van der Waals surface area contributed by atoms with Crippen molar-refractivity contribution in [2.24, 2.45) is 0 Å². The second-order valence-corrected chi connectivity index (χ2v) is 4.82. The summed E-state index contributed by atoms with van der Waals surface area (Å²) in [6.45, 7) is 10.4. The Labute approximate surface area is 113 Å². The van der Waals surface area contributed by atoms with Crippen molar-refractivity contribution in [3.8, 4) is 11.3 Å². The van der Waals surface area contributed by atoms with E-state index < -0.39 is 0 Å². The molecule has 1 aromatic carbocycles. The van der Waals surface area contributed by atoms with Crippen LogP contribution in [0.2, 0.25) is 0 Å². The summed E-state index contributed by atoms with van der Waals surface area (Å²) in [6, 6.07) is 6.10. The molecule has 1 aromatic heterocycles. The molecule has 3 nitrogen and oxygen atoms in total. The molecule has 0 atom stereocenters. The van der Waals surface area contributed by atoms with Gasteiger partial charge in [-0.2, -0.15) is 5.10 Å². The number of carbonyl (C=O) groups excluding carboxylic acids is 1. The van der Waals surface area contributed by atoms with E-state index in [0.29, 0.717) is 12.2 Å². The quantitative estimate of drug-likeness (QED) is 0.618. The van der Waals surface area contributed by atoms with Gasteiger partial charge >= 0.3 is 0 Å². The van der Waals surface area contributed by atoms with Gasteiger partial charge in [0.2, 0.25) is 0 Å². The third-order valence-corrected chi connectivity index (χ3v) is 3.17. The summed E-state index contributed by atoms with van der Waals surface area (Å²) in [6.07, 6.45) is 2.57. The second-order valence-electron chi connectivity index (χ2n) is 4.82. The molecule has 0 fully saturated rings. The molecule has 2 aromatic rings. The van der Waals surface area contributed by atoms with Gasteiger partial charge in [-0.3, -0.25) is 9.48 Å². The number of rotatable bonds is 4. The standard InChI is InChI=1S/C16H18N2O/c1-5-6-18-14(10-19)9-15(17-18)16-12(3)7-11(2)8-13(16)4/h5,7-10H,1,6H2,2-4H3. The lowest BCUT2D eigenvalue weighted by Gasteiger charge is -2.08. The molecule has 0 N–H and O–H groups in total. The molecular formula is C16H18N2O. The average Bonchev–Trinajstić information content (AvgIpc) is 2.71. The first kappa shape index (κ1) is 13.3. The maximum absolute atomic E-state index is 11.1. The lowest BCUT2D eigenvalue weighted by Crippen LogP contribution is -2.02. The van der Waals surface area contributed by atoms with Crippen molar-refractivity contribution in [1.82, 2.24) is 9.78 Å². The number of hydrogen-bond donors (Lipinski definition) is 0. The number of aromatic nitrogens is 2. The number of carbonyl (C=O) groups is 1. The first-order valence-corrected chi connectivity index (χ1v) is 6.29. The molecule has 0 spiro atoms. The summed E-state index contributed by atoms with van der Waals surface area (Å²) in [5.74, 6) is 0. The number of aldehydes is 1. The number of aryl methyl sites for hydroxylation is 3. The van der Waals surface area contributed by atoms with E-state index in [0.717, 1.165) is 17.5 Å². The van der Waals surface area contributed by atoms with E-state index in [1.54, 1.807) is 10.8 Å². The number of benzene rings is 1. The Balaban J connectivity index is 2.59. The van der Waals surface area contributed by atoms with E-state index in [9.17, 15) is 4.79 Å². The van der Waals surface area contributed by atoms with Gasteiger partial charge in [0.25, 0.3) is 0 Å². The van der Waals surface area contributed by atoms with Gasteiger partial charge in [-0.05, 0) is 38.0 Å². The van der Waals surface area contributed by atoms with Crippen molar-refractivity contribution < 1.29 is 4.79 Å². The zero-order valence-corrected chi connectivity index (χ0v) is 11.6. The molecule has 0 bridgehead atoms. The van der Waals surface area contributed by atoms with Crippen LogP contribution in [0.15, 0.2) is 30.9 Å². The minimum atomic E-state index is 0.540. The number of nitrogens with zero attached hydrogens (tertiary/aromatic N) is 2. The lowest BCUT2D eigenvalue weighted by molar-refractivity contribution is 0.111. The summed E-state index contributed by atoms with van der Waals surface area (Å²) in [5, 5.41) is 4.51. The summed E-state index contributed by atoms with van der Waals surface area (Å²) < 4.78 is 1.67. The molecule has 0 unspecified atom stereocenters. The van der Waals surface area contributed by atoms with Crippen molar-refractivity contribution in [3.63, 3.8) is 0 Å². The normalized spacial score (nSPS) is 10.5. The van der Waals surface area contributed by atoms with Crippen LogP contribution in [-0.2, 0) is 6.54 Å². The molecule has 0 aliphatic carbocycles. The molecule has 0 saturated heterocycles. The monoisotopic (exact) mass is 254 g/mol. The van der Waals surface area contributed by atoms with E-state index in [1.165, 1.54) is 16.7 Å². The molecule has 0 saturated carbocycles. The molecule has 0 aliphatic rings. The highest BCUT2D eigenvalue weighted by atomic mass is 16.1. The highest BCUT2D eigenvalue weighted by molar-refractivity contribution is 5.77. The largest absolute Gasteiger partial charge is 0.296 e. The lowest BCUT2D eigenvalue weighted by atomic mass is 9.97. The van der Waals surface area contributed by atoms with Crippen LogP contribution < -0.4 is 0 Å². The Morgan fingerprint density at radius 2 is 1.84 bits per heavy atom. The van der Waals surface area contributed by atoms with Crippen molar-refractivity contribution in [2.75, 3.05) is 0 Å². The zero-order valence-electron chi connectivity index (χ0n) is 11.6. The van der Waals surface area contributed by atoms with Crippen molar-refractivity contribution in [1.29, 1.82) is 0 Å². The first-order valence-electron chi connectivity index (χ1n) is 6.29. The molecule has 0 aliphatic heterocycles. The van der Waals surface area contributed by atoms with Crippen molar-refractivity contribution in [2.45, 2.75) is 27.3 Å². The predicted octanol–water partition coefficient (Wildman–Crippen LogP) is 3.47. The molecule has 1 heterocycles. The number of allylic oxidation sites excluding steroid dienone is 1. The Hall–Kier alpha value is -2.16. The molecule has 0 radical (unpaired) electrons. The van der Waals surface area contributed by atoms with Crippen LogP contribution in [0.4, 0.5) is 0 Å². The third kappa shape index (κ3) is 2.50. The van der Waals surface area contributed by atoms with Crippen LogP contribution in [0, 0.1) is 20.8 Å². The fourth-order valence-electron chi connectivity index (χ4n) is 2.50. The van der Waals surface area contributed by atoms with E-state index in [-0.39, 0.29) is 0 Å². The summed E-state index contributed by atoms with van der Waals surface area (Å²) in [7, 11) is 0. The maximum atomic E-state index is 11.1. The first-order chi connectivity index (χ1) is 9.06. The fourth-order valence-corrected chi connectivity index (χ4v) is 2.50. The summed E-state index contributed by atoms with van der Waals surface area (Å²) in [4.78, 5) is 11.1. The van der Waals surface area contributed by atoms with Crippen LogP contribution in [0.5, 0.6) is 0 Å². The molecule has 19 heavy (non-hydrogen) atoms. The van der Waals surface area contributed by atoms with Crippen LogP contribution in [-0.4, -0.2) is 16.1 Å². The van der Waals surface area contributed by atoms with Crippen molar-refractivity contribution in [3.05, 3.63) is 53.2 Å². The van der Waals surface area contributed by atoms with Gasteiger partial charge in [0.15, 0.2) is 6.29 Å². The van der Waals surface area contributed by atoms with Crippen LogP contribution >= 0.6 is 0 Å². The van der Waals surface area contributed by atoms with E-state index in [4.69, 9.17) is 0 Å². The van der Waals surface area contributed by atoms with Gasteiger partial charge in [0.05, 0.1) is 12.2 Å². The highest BCUT2D eigenvalue weighted by Crippen LogP contribution is 2.27. The van der Waals surface area contributed by atoms with Crippen LogP contribution in [0.1, 0.15) is 27.2 Å². The molecule has 98 valence electrons. The molecule has 0 amide bonds. The Morgan fingerprint density at radius 3 is 2.37 bits per heavy atom. The van der Waals surface area contributed by atoms with E-state index in [2.05, 4.69) is 44.6 Å². The Kier molecular flexibility index (Phi) is 3.65. The Morgan fingerprint density at radius 1 is 1.21 bits per heavy atom. The molecular weight excluding hydrogens is 236 g/mol. The third-order valence-electron chi connectivity index (χ3n) is 3.17. The van der Waals surface area contributed by atoms with Gasteiger partial charge in [0, 0.05) is 5.56 Å². The average molecular weight is 254 g/mol. The smallest absolute Gasteiger partial charge is 0.168 e. The molecule has 3 heteroatoms. The minimum absolute atomic E-state index is 0.540. The fraction of sp³-hybridized carbons (Fsp3) is 0.250. The minimum Gasteiger partial charge on any atom is -0.296 e. The van der Waals surface area contributed by atoms with Crippen molar-refractivity contribution >= 4 is 6.29 Å². The zero-order chi connectivity index (χ0) is 14.0. The summed E-state index contributed by atoms with van der Waals surface area (Å²) in [5.41, 5.74) is 6.13. The highest BCUT2D eigenvalue weighted by Gasteiger charge is 2.12. The van der Waals surface area contributed by atoms with Gasteiger partial charge in [-0.1, -0.05) is 23.8 Å². The van der Waals surface area contributed by atoms with E-state index >= 15 is 0 Å². The number of hydrogen-bond acceptors (Lipinski definition) is 2. The van der Waals surface area contributed by atoms with Gasteiger partial charge in [-0.15, -0.1) is 6.58 Å². The predicted molar refractivity (Wildman–Crippen MR) is 77.5 cm³/mol. The van der Waals surface area contributed by atoms with Crippen LogP contribution in [0.25, 0.3) is 11.3 Å². The topological polar surface area (TPSA) is 34.9 Å². The molecule has 2 rings (SSSR count). The maximum Gasteiger partial charge on any atom is 0.168 e. The van der Waals surface area contributed by atoms with Gasteiger partial charge in [-0.25, -0.2) is 0 Å². The second kappa shape index (κ2) is 5.22. The van der Waals surface area contributed by atoms with Crippen LogP contribution in [0.3, 0.4) is 0 Å². The Bertz CT molecular complexity index is 615. The van der Waals surface area contributed by atoms with E-state index in [1.807, 2.05) is 6.07 Å². The van der Waals surface area contributed by atoms with Gasteiger partial charge in [0.1, 0.15) is 5.69 Å². The SMILES string of the molecule is C=CCn1nc(-c2c(C)cc(C)cc2C)cc1C=O. The summed E-state index contributed by atoms with van der Waals surface area (Å²) >= 11 is 0. The van der Waals surface area contributed by atoms with Gasteiger partial charge < -0.3 is 0 Å².